The number of nitrogens with zero attached hydrogens (tertiary/aromatic N) is 5. The molecule has 3 heterocycles. The number of nitrogens with two attached hydrogens (primary N) is 1. The number of rotatable bonds is 7. The third-order valence-corrected chi connectivity index (χ3v) is 4.65. The van der Waals surface area contributed by atoms with Crippen molar-refractivity contribution in [3.8, 4) is 17.0 Å². The molecule has 0 fully saturated rings. The molecule has 31 heavy (non-hydrogen) atoms. The minimum absolute atomic E-state index is 0.137. The Kier molecular flexibility index (Phi) is 5.22. The van der Waals surface area contributed by atoms with Gasteiger partial charge in [-0.2, -0.15) is 0 Å². The van der Waals surface area contributed by atoms with E-state index >= 15 is 0 Å². The number of imidazole rings is 1. The predicted octanol–water partition coefficient (Wildman–Crippen LogP) is 2.55. The summed E-state index contributed by atoms with van der Waals surface area (Å²) in [6.07, 6.45) is 3.49. The molecular weight excluding hydrogens is 400 g/mol. The van der Waals surface area contributed by atoms with Crippen LogP contribution in [0.25, 0.3) is 16.9 Å². The molecule has 11 heteroatoms. The van der Waals surface area contributed by atoms with Gasteiger partial charge >= 0.3 is 5.69 Å². The summed E-state index contributed by atoms with van der Waals surface area (Å²) in [6, 6.07) is 10.2. The van der Waals surface area contributed by atoms with Crippen molar-refractivity contribution in [3.63, 3.8) is 0 Å². The normalized spacial score (nSPS) is 10.9. The van der Waals surface area contributed by atoms with Crippen molar-refractivity contribution in [1.82, 2.24) is 19.4 Å². The molecule has 0 aliphatic heterocycles. The number of hydrogen-bond acceptors (Lipinski definition) is 8. The first-order chi connectivity index (χ1) is 14.9. The Labute approximate surface area is 176 Å². The number of aryl methyl sites for hydroxylation is 1. The summed E-state index contributed by atoms with van der Waals surface area (Å²) in [7, 11) is 0. The number of nitro groups is 1. The molecule has 0 saturated carbocycles. The molecule has 0 aliphatic carbocycles. The fourth-order valence-corrected chi connectivity index (χ4v) is 3.14. The highest BCUT2D eigenvalue weighted by Gasteiger charge is 2.15. The lowest BCUT2D eigenvalue weighted by Crippen LogP contribution is -2.17. The fourth-order valence-electron chi connectivity index (χ4n) is 3.14. The second-order valence-corrected chi connectivity index (χ2v) is 6.88. The number of aromatic nitrogens is 4. The van der Waals surface area contributed by atoms with Gasteiger partial charge < -0.3 is 21.5 Å². The quantitative estimate of drug-likeness (QED) is 0.178. The maximum absolute atomic E-state index is 10.8. The average Bonchev–Trinajstić information content (AvgIpc) is 3.21. The molecule has 3 aromatic heterocycles. The number of hydrogen-bond donors (Lipinski definition) is 3. The van der Waals surface area contributed by atoms with E-state index in [0.717, 1.165) is 11.1 Å². The Morgan fingerprint density at radius 2 is 1.97 bits per heavy atom. The van der Waals surface area contributed by atoms with Crippen LogP contribution in [0.3, 0.4) is 0 Å². The third-order valence-electron chi connectivity index (χ3n) is 4.65. The van der Waals surface area contributed by atoms with Crippen LogP contribution in [-0.4, -0.2) is 42.5 Å². The van der Waals surface area contributed by atoms with Gasteiger partial charge in [-0.05, 0) is 24.6 Å². The summed E-state index contributed by atoms with van der Waals surface area (Å²) in [5.41, 5.74) is 8.55. The lowest BCUT2D eigenvalue weighted by molar-refractivity contribution is -0.384. The zero-order valence-electron chi connectivity index (χ0n) is 16.7. The van der Waals surface area contributed by atoms with Gasteiger partial charge in [-0.1, -0.05) is 6.07 Å². The Bertz CT molecular complexity index is 1270. The molecule has 4 aromatic rings. The number of fused-ring (bicyclic) bond motifs is 1. The highest BCUT2D eigenvalue weighted by atomic mass is 16.6. The topological polar surface area (TPSA) is 159 Å². The van der Waals surface area contributed by atoms with Crippen molar-refractivity contribution in [2.24, 2.45) is 0 Å². The van der Waals surface area contributed by atoms with Crippen molar-refractivity contribution in [2.75, 3.05) is 29.5 Å². The van der Waals surface area contributed by atoms with E-state index in [2.05, 4.69) is 25.6 Å². The van der Waals surface area contributed by atoms with Crippen LogP contribution in [0.5, 0.6) is 5.75 Å². The van der Waals surface area contributed by atoms with Gasteiger partial charge in [0, 0.05) is 43.7 Å². The van der Waals surface area contributed by atoms with Gasteiger partial charge in [0.15, 0.2) is 0 Å². The number of nitrogen functional groups attached to an aromatic ring is 1. The predicted molar refractivity (Wildman–Crippen MR) is 119 cm³/mol. The summed E-state index contributed by atoms with van der Waals surface area (Å²) < 4.78 is 1.82. The summed E-state index contributed by atoms with van der Waals surface area (Å²) in [6.45, 7) is 2.94. The zero-order valence-corrected chi connectivity index (χ0v) is 16.7. The molecule has 0 amide bonds. The minimum atomic E-state index is -0.570. The monoisotopic (exact) mass is 421 g/mol. The van der Waals surface area contributed by atoms with Crippen LogP contribution < -0.4 is 16.4 Å². The Balaban J connectivity index is 1.50. The highest BCUT2D eigenvalue weighted by Crippen LogP contribution is 2.30. The molecule has 0 spiro atoms. The van der Waals surface area contributed by atoms with Gasteiger partial charge in [0.1, 0.15) is 11.5 Å². The van der Waals surface area contributed by atoms with Crippen LogP contribution in [0.1, 0.15) is 5.56 Å². The van der Waals surface area contributed by atoms with Gasteiger partial charge in [0.2, 0.25) is 11.8 Å². The van der Waals surface area contributed by atoms with E-state index in [1.807, 2.05) is 29.5 Å². The summed E-state index contributed by atoms with van der Waals surface area (Å²) >= 11 is 0. The van der Waals surface area contributed by atoms with Gasteiger partial charge in [-0.15, -0.1) is 0 Å². The first-order valence-electron chi connectivity index (χ1n) is 9.48. The standard InChI is InChI=1S/C20H20N8O3/c1-12-2-4-16(29)13(10-12)14-11-18-23-8-9-27(18)20(25-14)24-7-6-22-17-5-3-15(28(30)31)19(21)26-17/h2-5,8-11,29H,6-7H2,1H3,(H,24,25)(H3,21,22,26)/p+1. The maximum atomic E-state index is 10.8. The molecule has 0 unspecified atom stereocenters. The van der Waals surface area contributed by atoms with Crippen molar-refractivity contribution in [1.29, 1.82) is 0 Å². The summed E-state index contributed by atoms with van der Waals surface area (Å²) in [4.78, 5) is 23.3. The smallest absolute Gasteiger partial charge is 0.311 e. The molecule has 0 saturated heterocycles. The van der Waals surface area contributed by atoms with Crippen molar-refractivity contribution < 1.29 is 10.0 Å². The van der Waals surface area contributed by atoms with Crippen LogP contribution in [0.4, 0.5) is 23.3 Å². The van der Waals surface area contributed by atoms with E-state index in [-0.39, 0.29) is 11.5 Å². The summed E-state index contributed by atoms with van der Waals surface area (Å²) in [5, 5.41) is 25.4. The lowest BCUT2D eigenvalue weighted by atomic mass is 10.1. The molecule has 1 aromatic carbocycles. The Morgan fingerprint density at radius 1 is 1.16 bits per heavy atom. The van der Waals surface area contributed by atoms with E-state index < -0.39 is 4.92 Å². The molecular formula is C20H21N8O3+. The molecule has 0 bridgehead atoms. The van der Waals surface area contributed by atoms with Crippen molar-refractivity contribution in [2.45, 2.75) is 6.92 Å². The second kappa shape index (κ2) is 8.14. The molecule has 4 rings (SSSR count). The maximum Gasteiger partial charge on any atom is 0.311 e. The van der Waals surface area contributed by atoms with Crippen LogP contribution in [-0.2, 0) is 0 Å². The molecule has 11 nitrogen and oxygen atoms in total. The first-order valence-corrected chi connectivity index (χ1v) is 9.48. The minimum Gasteiger partial charge on any atom is -0.593 e. The summed E-state index contributed by atoms with van der Waals surface area (Å²) in [5.74, 6) is 1.28. The van der Waals surface area contributed by atoms with E-state index in [1.54, 1.807) is 18.5 Å². The van der Waals surface area contributed by atoms with E-state index in [4.69, 9.17) is 10.8 Å². The number of nitrogens with one attached hydrogen (secondary N) is 2. The average molecular weight is 421 g/mol. The lowest BCUT2D eigenvalue weighted by Gasteiger charge is -2.12. The SMILES string of the molecule is Cc1ccc([OH2+])c(-c2cc3nccn3c(NCCNc3ccc([N+](=O)[O-])c(N)n3)n2)c1. The van der Waals surface area contributed by atoms with Gasteiger partial charge in [0.05, 0.1) is 16.2 Å². The Hall–Kier alpha value is -4.41. The van der Waals surface area contributed by atoms with E-state index in [0.29, 0.717) is 41.9 Å². The van der Waals surface area contributed by atoms with Crippen LogP contribution in [0, 0.1) is 17.0 Å². The van der Waals surface area contributed by atoms with E-state index in [9.17, 15) is 10.1 Å². The largest absolute Gasteiger partial charge is 0.593 e. The molecule has 6 N–H and O–H groups in total. The molecule has 158 valence electrons. The van der Waals surface area contributed by atoms with Gasteiger partial charge in [0.25, 0.3) is 5.75 Å². The van der Waals surface area contributed by atoms with Crippen molar-refractivity contribution >= 4 is 28.9 Å². The van der Waals surface area contributed by atoms with Gasteiger partial charge in [-0.25, -0.2) is 15.0 Å². The number of anilines is 3. The zero-order chi connectivity index (χ0) is 22.0. The molecule has 0 aliphatic rings. The van der Waals surface area contributed by atoms with Gasteiger partial charge in [-0.3, -0.25) is 14.5 Å². The van der Waals surface area contributed by atoms with E-state index in [1.165, 1.54) is 12.1 Å². The van der Waals surface area contributed by atoms with Crippen molar-refractivity contribution in [3.05, 3.63) is 64.5 Å². The highest BCUT2D eigenvalue weighted by molar-refractivity contribution is 5.71. The molecule has 0 radical (unpaired) electrons. The van der Waals surface area contributed by atoms with Crippen LogP contribution in [0.15, 0.2) is 48.8 Å². The molecule has 0 atom stereocenters. The number of benzene rings is 1. The number of pyridine rings is 1. The van der Waals surface area contributed by atoms with Crippen LogP contribution in [0.2, 0.25) is 0 Å². The van der Waals surface area contributed by atoms with Crippen LogP contribution >= 0.6 is 0 Å². The third kappa shape index (κ3) is 4.15. The fraction of sp³-hybridized carbons (Fsp3) is 0.150. The first kappa shape index (κ1) is 19.9. The Morgan fingerprint density at radius 3 is 2.74 bits per heavy atom. The second-order valence-electron chi connectivity index (χ2n) is 6.88.